The Balaban J connectivity index is 3.84. The van der Waals surface area contributed by atoms with Crippen LogP contribution in [-0.2, 0) is 0 Å². The van der Waals surface area contributed by atoms with Crippen LogP contribution in [0, 0.1) is 5.92 Å². The summed E-state index contributed by atoms with van der Waals surface area (Å²) in [6, 6.07) is 0. The first-order valence-electron chi connectivity index (χ1n) is 3.12. The minimum absolute atomic E-state index is 0.0448. The van der Waals surface area contributed by atoms with Gasteiger partial charge in [0.1, 0.15) is 0 Å². The first-order chi connectivity index (χ1) is 4.00. The molecule has 0 aromatic rings. The zero-order valence-electron chi connectivity index (χ0n) is 6.61. The van der Waals surface area contributed by atoms with E-state index in [1.54, 1.807) is 0 Å². The van der Waals surface area contributed by atoms with Crippen LogP contribution >= 0.6 is 0 Å². The number of hydrogen-bond acceptors (Lipinski definition) is 1. The molecule has 0 heterocycles. The molecule has 0 radical (unpaired) electrons. The minimum atomic E-state index is -0.0448. The van der Waals surface area contributed by atoms with Gasteiger partial charge in [-0.3, -0.25) is 0 Å². The second-order valence-corrected chi connectivity index (χ2v) is 6.87. The molecule has 0 saturated carbocycles. The summed E-state index contributed by atoms with van der Waals surface area (Å²) in [5, 5.41) is 0. The Labute approximate surface area is 68.6 Å². The maximum absolute atomic E-state index is 3.99. The van der Waals surface area contributed by atoms with E-state index in [-0.39, 0.29) is 21.5 Å². The van der Waals surface area contributed by atoms with Gasteiger partial charge in [-0.25, -0.2) is 0 Å². The van der Waals surface area contributed by atoms with Crippen molar-refractivity contribution in [2.75, 3.05) is 0 Å². The molecule has 0 atom stereocenters. The number of rotatable bonds is 3. The van der Waals surface area contributed by atoms with Crippen molar-refractivity contribution < 1.29 is 21.5 Å². The van der Waals surface area contributed by atoms with Gasteiger partial charge in [-0.2, -0.15) is 0 Å². The van der Waals surface area contributed by atoms with Crippen molar-refractivity contribution in [3.63, 3.8) is 0 Å². The van der Waals surface area contributed by atoms with Crippen LogP contribution in [0.2, 0.25) is 0 Å². The van der Waals surface area contributed by atoms with Crippen molar-refractivity contribution in [3.8, 4) is 0 Å². The summed E-state index contributed by atoms with van der Waals surface area (Å²) < 4.78 is 4.42. The van der Waals surface area contributed by atoms with Crippen LogP contribution in [-0.4, -0.2) is 10.1 Å². The van der Waals surface area contributed by atoms with Gasteiger partial charge in [-0.15, -0.1) is 0 Å². The summed E-state index contributed by atoms with van der Waals surface area (Å²) in [7, 11) is 0. The van der Waals surface area contributed by atoms with E-state index in [1.807, 2.05) is 0 Å². The fourth-order valence-electron chi connectivity index (χ4n) is 0.252. The normalized spacial score (nSPS) is 12.6. The Bertz CT molecular complexity index is 97.1. The molecular formula is C7H15IN-. The average Bonchev–Trinajstić information content (AvgIpc) is 1.65. The van der Waals surface area contributed by atoms with Crippen molar-refractivity contribution in [3.05, 3.63) is 0 Å². The standard InChI is InChI=1S/C7H15IN/c1-6(2)7(3,4)8-9-5/h6H,5H2,1-4H3/q-1. The molecule has 0 saturated heterocycles. The Hall–Kier alpha value is 0.400. The van der Waals surface area contributed by atoms with Gasteiger partial charge < -0.3 is 0 Å². The number of hydrogen-bond donors (Lipinski definition) is 0. The molecule has 0 aliphatic carbocycles. The summed E-state index contributed by atoms with van der Waals surface area (Å²) in [4.78, 5) is 0. The molecule has 0 aromatic heterocycles. The Morgan fingerprint density at radius 1 is 1.44 bits per heavy atom. The van der Waals surface area contributed by atoms with Gasteiger partial charge in [-0.05, 0) is 0 Å². The summed E-state index contributed by atoms with van der Waals surface area (Å²) in [5.74, 6) is 0.732. The molecule has 0 unspecified atom stereocenters. The summed E-state index contributed by atoms with van der Waals surface area (Å²) in [6.07, 6.45) is 0. The zero-order chi connectivity index (χ0) is 7.49. The van der Waals surface area contributed by atoms with Crippen LogP contribution in [0.4, 0.5) is 0 Å². The Morgan fingerprint density at radius 2 is 1.89 bits per heavy atom. The molecule has 0 amide bonds. The predicted molar refractivity (Wildman–Crippen MR) is 38.5 cm³/mol. The van der Waals surface area contributed by atoms with Gasteiger partial charge in [0.25, 0.3) is 0 Å². The van der Waals surface area contributed by atoms with Gasteiger partial charge in [0, 0.05) is 0 Å². The molecular weight excluding hydrogens is 225 g/mol. The van der Waals surface area contributed by atoms with Crippen molar-refractivity contribution in [2.24, 2.45) is 9.12 Å². The van der Waals surface area contributed by atoms with E-state index in [1.165, 1.54) is 0 Å². The molecule has 56 valence electrons. The third kappa shape index (κ3) is 3.18. The number of halogens is 1. The molecule has 0 N–H and O–H groups in total. The van der Waals surface area contributed by atoms with Gasteiger partial charge >= 0.3 is 68.4 Å². The van der Waals surface area contributed by atoms with E-state index in [4.69, 9.17) is 0 Å². The van der Waals surface area contributed by atoms with E-state index in [0.29, 0.717) is 3.42 Å². The number of alkyl halides is 1. The maximum atomic E-state index is 3.99. The molecule has 0 aliphatic heterocycles. The van der Waals surface area contributed by atoms with Gasteiger partial charge in [0.05, 0.1) is 0 Å². The van der Waals surface area contributed by atoms with Crippen LogP contribution in [0.15, 0.2) is 3.21 Å². The topological polar surface area (TPSA) is 12.4 Å². The van der Waals surface area contributed by atoms with E-state index in [0.717, 1.165) is 5.92 Å². The zero-order valence-corrected chi connectivity index (χ0v) is 8.77. The van der Waals surface area contributed by atoms with E-state index in [2.05, 4.69) is 37.6 Å². The van der Waals surface area contributed by atoms with Crippen LogP contribution in [0.5, 0.6) is 0 Å². The summed E-state index contributed by atoms with van der Waals surface area (Å²) in [6.45, 7) is 12.5. The van der Waals surface area contributed by atoms with Gasteiger partial charge in [0.2, 0.25) is 0 Å². The molecule has 0 rings (SSSR count). The first-order valence-corrected chi connectivity index (χ1v) is 5.16. The molecule has 2 heteroatoms. The molecule has 9 heavy (non-hydrogen) atoms. The monoisotopic (exact) mass is 240 g/mol. The third-order valence-electron chi connectivity index (χ3n) is 1.65. The van der Waals surface area contributed by atoms with Crippen molar-refractivity contribution in [2.45, 2.75) is 31.1 Å². The van der Waals surface area contributed by atoms with Gasteiger partial charge in [0.15, 0.2) is 0 Å². The van der Waals surface area contributed by atoms with E-state index >= 15 is 0 Å². The van der Waals surface area contributed by atoms with Crippen molar-refractivity contribution in [1.82, 2.24) is 0 Å². The van der Waals surface area contributed by atoms with Crippen molar-refractivity contribution >= 4 is 6.72 Å². The molecule has 0 bridgehead atoms. The average molecular weight is 240 g/mol. The van der Waals surface area contributed by atoms with Crippen LogP contribution in [0.25, 0.3) is 0 Å². The number of nitrogens with zero attached hydrogens (tertiary/aromatic N) is 1. The Kier molecular flexibility index (Phi) is 3.70. The molecule has 0 aliphatic rings. The third-order valence-corrected chi connectivity index (χ3v) is 4.48. The second kappa shape index (κ2) is 3.54. The second-order valence-electron chi connectivity index (χ2n) is 2.92. The summed E-state index contributed by atoms with van der Waals surface area (Å²) >= 11 is -0.0448. The predicted octanol–water partition coefficient (Wildman–Crippen LogP) is -0.874. The first kappa shape index (κ1) is 9.40. The van der Waals surface area contributed by atoms with Crippen LogP contribution < -0.4 is 21.5 Å². The summed E-state index contributed by atoms with van der Waals surface area (Å²) in [5.41, 5.74) is 0. The SMILES string of the molecule is C=N[I-]C(C)(C)C(C)C. The molecule has 0 fully saturated rings. The fraction of sp³-hybridized carbons (Fsp3) is 0.857. The van der Waals surface area contributed by atoms with E-state index in [9.17, 15) is 0 Å². The van der Waals surface area contributed by atoms with E-state index < -0.39 is 0 Å². The van der Waals surface area contributed by atoms with Crippen molar-refractivity contribution in [1.29, 1.82) is 0 Å². The van der Waals surface area contributed by atoms with Crippen LogP contribution in [0.3, 0.4) is 0 Å². The molecule has 0 spiro atoms. The quantitative estimate of drug-likeness (QED) is 0.345. The fourth-order valence-corrected chi connectivity index (χ4v) is 1.69. The van der Waals surface area contributed by atoms with Gasteiger partial charge in [-0.1, -0.05) is 0 Å². The molecule has 0 aromatic carbocycles. The Morgan fingerprint density at radius 3 is 2.00 bits per heavy atom. The van der Waals surface area contributed by atoms with Crippen LogP contribution in [0.1, 0.15) is 27.7 Å². The molecule has 1 nitrogen and oxygen atoms in total.